The summed E-state index contributed by atoms with van der Waals surface area (Å²) in [6.07, 6.45) is 1.50. The molecule has 0 spiro atoms. The van der Waals surface area contributed by atoms with Gasteiger partial charge in [-0.25, -0.2) is 18.0 Å². The van der Waals surface area contributed by atoms with E-state index >= 15 is 0 Å². The molecule has 0 bridgehead atoms. The van der Waals surface area contributed by atoms with E-state index < -0.39 is 31.6 Å². The molecule has 0 aromatic rings. The normalized spacial score (nSPS) is 19.1. The van der Waals surface area contributed by atoms with Crippen molar-refractivity contribution in [2.75, 3.05) is 0 Å². The van der Waals surface area contributed by atoms with Crippen LogP contribution in [0.1, 0.15) is 0 Å². The van der Waals surface area contributed by atoms with E-state index in [9.17, 15) is 18.0 Å². The molecule has 0 fully saturated rings. The molecule has 6 nitrogen and oxygen atoms in total. The van der Waals surface area contributed by atoms with E-state index in [0.717, 1.165) is 12.2 Å². The molecule has 0 aliphatic carbocycles. The number of hydrogen-bond donors (Lipinski definition) is 2. The van der Waals surface area contributed by atoms with Gasteiger partial charge in [-0.1, -0.05) is 0 Å². The van der Waals surface area contributed by atoms with E-state index in [-0.39, 0.29) is 0 Å². The summed E-state index contributed by atoms with van der Waals surface area (Å²) in [7, 11) is -4.30. The number of allylic oxidation sites excluding steroid dienone is 2. The van der Waals surface area contributed by atoms with Crippen molar-refractivity contribution in [3.8, 4) is 0 Å². The zero-order valence-corrected chi connectivity index (χ0v) is 6.91. The monoisotopic (exact) mass is 204 g/mol. The molecule has 0 radical (unpaired) electrons. The highest BCUT2D eigenvalue weighted by atomic mass is 32.2. The fourth-order valence-corrected chi connectivity index (χ4v) is 2.01. The SMILES string of the molecule is O=C(O)C1=CC=C(C(=O)O)S1(=O)=O. The van der Waals surface area contributed by atoms with Crippen LogP contribution in [-0.2, 0) is 19.4 Å². The van der Waals surface area contributed by atoms with Crippen molar-refractivity contribution in [2.24, 2.45) is 0 Å². The Morgan fingerprint density at radius 1 is 1.00 bits per heavy atom. The second-order valence-electron chi connectivity index (χ2n) is 2.18. The van der Waals surface area contributed by atoms with E-state index in [2.05, 4.69) is 0 Å². The molecular weight excluding hydrogens is 200 g/mol. The van der Waals surface area contributed by atoms with Crippen molar-refractivity contribution in [1.29, 1.82) is 0 Å². The van der Waals surface area contributed by atoms with Crippen LogP contribution in [0.15, 0.2) is 22.0 Å². The van der Waals surface area contributed by atoms with Gasteiger partial charge in [0.2, 0.25) is 9.84 Å². The van der Waals surface area contributed by atoms with Crippen molar-refractivity contribution in [3.63, 3.8) is 0 Å². The highest BCUT2D eigenvalue weighted by Crippen LogP contribution is 2.24. The lowest BCUT2D eigenvalue weighted by molar-refractivity contribution is -0.132. The minimum Gasteiger partial charge on any atom is -0.477 e. The Kier molecular flexibility index (Phi) is 1.96. The van der Waals surface area contributed by atoms with Gasteiger partial charge in [-0.15, -0.1) is 0 Å². The summed E-state index contributed by atoms with van der Waals surface area (Å²) in [4.78, 5) is 18.8. The smallest absolute Gasteiger partial charge is 0.347 e. The number of rotatable bonds is 2. The summed E-state index contributed by atoms with van der Waals surface area (Å²) in [5.41, 5.74) is 0. The largest absolute Gasteiger partial charge is 0.477 e. The van der Waals surface area contributed by atoms with Crippen LogP contribution in [0.25, 0.3) is 0 Å². The van der Waals surface area contributed by atoms with Crippen LogP contribution in [0.5, 0.6) is 0 Å². The maximum atomic E-state index is 11.1. The Bertz CT molecular complexity index is 402. The lowest BCUT2D eigenvalue weighted by Crippen LogP contribution is -2.16. The van der Waals surface area contributed by atoms with Gasteiger partial charge in [-0.2, -0.15) is 0 Å². The van der Waals surface area contributed by atoms with Crippen LogP contribution in [-0.4, -0.2) is 30.6 Å². The molecule has 70 valence electrons. The molecule has 0 saturated carbocycles. The first kappa shape index (κ1) is 9.46. The highest BCUT2D eigenvalue weighted by Gasteiger charge is 2.36. The van der Waals surface area contributed by atoms with Gasteiger partial charge in [0.25, 0.3) is 0 Å². The second-order valence-corrected chi connectivity index (χ2v) is 4.06. The van der Waals surface area contributed by atoms with Crippen LogP contribution in [0, 0.1) is 0 Å². The summed E-state index contributed by atoms with van der Waals surface area (Å²) in [5.74, 6) is -3.32. The number of carboxylic acid groups (broad SMARTS) is 2. The van der Waals surface area contributed by atoms with Gasteiger partial charge in [0.1, 0.15) is 0 Å². The third kappa shape index (κ3) is 1.33. The lowest BCUT2D eigenvalue weighted by Gasteiger charge is -1.97. The summed E-state index contributed by atoms with van der Waals surface area (Å²) in [6, 6.07) is 0. The van der Waals surface area contributed by atoms with Gasteiger partial charge >= 0.3 is 11.9 Å². The topological polar surface area (TPSA) is 109 Å². The molecule has 0 saturated heterocycles. The van der Waals surface area contributed by atoms with E-state index in [0.29, 0.717) is 0 Å². The maximum Gasteiger partial charge on any atom is 0.347 e. The third-order valence-electron chi connectivity index (χ3n) is 1.39. The molecule has 0 unspecified atom stereocenters. The van der Waals surface area contributed by atoms with E-state index in [1.165, 1.54) is 0 Å². The van der Waals surface area contributed by atoms with Crippen molar-refractivity contribution >= 4 is 21.8 Å². The zero-order chi connectivity index (χ0) is 10.2. The maximum absolute atomic E-state index is 11.1. The summed E-state index contributed by atoms with van der Waals surface area (Å²) < 4.78 is 22.2. The van der Waals surface area contributed by atoms with E-state index in [1.54, 1.807) is 0 Å². The fraction of sp³-hybridized carbons (Fsp3) is 0. The Labute approximate surface area is 72.7 Å². The molecule has 0 atom stereocenters. The number of carbonyl (C=O) groups is 2. The van der Waals surface area contributed by atoms with Crippen LogP contribution < -0.4 is 0 Å². The van der Waals surface area contributed by atoms with Crippen LogP contribution in [0.2, 0.25) is 0 Å². The lowest BCUT2D eigenvalue weighted by atomic mass is 10.4. The molecule has 0 aromatic heterocycles. The van der Waals surface area contributed by atoms with Crippen LogP contribution >= 0.6 is 0 Å². The van der Waals surface area contributed by atoms with Gasteiger partial charge in [0.05, 0.1) is 0 Å². The first-order valence-corrected chi connectivity index (χ1v) is 4.49. The molecule has 7 heteroatoms. The van der Waals surface area contributed by atoms with E-state index in [1.807, 2.05) is 0 Å². The Morgan fingerprint density at radius 3 is 1.46 bits per heavy atom. The Hall–Kier alpha value is -1.63. The number of hydrogen-bond acceptors (Lipinski definition) is 4. The predicted molar refractivity (Wildman–Crippen MR) is 40.4 cm³/mol. The average Bonchev–Trinajstić information content (AvgIpc) is 2.24. The minimum atomic E-state index is -4.30. The predicted octanol–water partition coefficient (Wildman–Crippen LogP) is -0.648. The minimum absolute atomic E-state index is 0.751. The summed E-state index contributed by atoms with van der Waals surface area (Å²) >= 11 is 0. The zero-order valence-electron chi connectivity index (χ0n) is 6.09. The van der Waals surface area contributed by atoms with Crippen molar-refractivity contribution in [1.82, 2.24) is 0 Å². The first-order chi connectivity index (χ1) is 5.87. The molecule has 13 heavy (non-hydrogen) atoms. The van der Waals surface area contributed by atoms with E-state index in [4.69, 9.17) is 10.2 Å². The summed E-state index contributed by atoms with van der Waals surface area (Å²) in [6.45, 7) is 0. The molecular formula is C6H4O6S. The van der Waals surface area contributed by atoms with Crippen LogP contribution in [0.4, 0.5) is 0 Å². The first-order valence-electron chi connectivity index (χ1n) is 3.01. The van der Waals surface area contributed by atoms with Gasteiger partial charge in [-0.3, -0.25) is 0 Å². The molecule has 2 N–H and O–H groups in total. The summed E-state index contributed by atoms with van der Waals surface area (Å²) in [5, 5.41) is 16.7. The van der Waals surface area contributed by atoms with Crippen molar-refractivity contribution in [3.05, 3.63) is 22.0 Å². The molecule has 1 rings (SSSR count). The van der Waals surface area contributed by atoms with Crippen molar-refractivity contribution < 1.29 is 28.2 Å². The number of carboxylic acids is 2. The van der Waals surface area contributed by atoms with Gasteiger partial charge < -0.3 is 10.2 Å². The molecule has 0 aromatic carbocycles. The average molecular weight is 204 g/mol. The quantitative estimate of drug-likeness (QED) is 0.618. The number of aliphatic carboxylic acids is 2. The van der Waals surface area contributed by atoms with Gasteiger partial charge in [0, 0.05) is 0 Å². The fourth-order valence-electron chi connectivity index (χ4n) is 0.821. The number of sulfone groups is 1. The highest BCUT2D eigenvalue weighted by molar-refractivity contribution is 8.01. The molecule has 1 aliphatic rings. The van der Waals surface area contributed by atoms with Gasteiger partial charge in [-0.05, 0) is 12.2 Å². The second kappa shape index (κ2) is 2.70. The molecule has 0 amide bonds. The molecule has 1 aliphatic heterocycles. The Morgan fingerprint density at radius 2 is 1.31 bits per heavy atom. The van der Waals surface area contributed by atoms with Crippen LogP contribution in [0.3, 0.4) is 0 Å². The van der Waals surface area contributed by atoms with Crippen molar-refractivity contribution in [2.45, 2.75) is 0 Å². The standard InChI is InChI=1S/C6H4O6S/c7-5(8)3-1-2-4(6(9)10)13(3,11)12/h1-2H,(H,7,8)(H,9,10). The Balaban J connectivity index is 3.24. The molecule has 1 heterocycles. The third-order valence-corrected chi connectivity index (χ3v) is 3.17. The van der Waals surface area contributed by atoms with Gasteiger partial charge in [0.15, 0.2) is 9.81 Å².